The molecule has 1 aliphatic heterocycles. The lowest BCUT2D eigenvalue weighted by molar-refractivity contribution is -0.902. The van der Waals surface area contributed by atoms with Gasteiger partial charge in [-0.05, 0) is 19.2 Å². The molecule has 0 radical (unpaired) electrons. The van der Waals surface area contributed by atoms with E-state index >= 15 is 0 Å². The van der Waals surface area contributed by atoms with Crippen molar-refractivity contribution in [1.29, 1.82) is 0 Å². The Balaban J connectivity index is 1.73. The first kappa shape index (κ1) is 15.2. The van der Waals surface area contributed by atoms with Crippen LogP contribution in [0.2, 0.25) is 0 Å². The van der Waals surface area contributed by atoms with Crippen molar-refractivity contribution < 1.29 is 14.1 Å². The van der Waals surface area contributed by atoms with Crippen LogP contribution in [0.1, 0.15) is 23.0 Å². The largest absolute Gasteiger partial charge is 0.450 e. The highest BCUT2D eigenvalue weighted by atomic mass is 16.3. The van der Waals surface area contributed by atoms with E-state index in [4.69, 9.17) is 4.42 Å². The standard InChI is InChI=1S/C20H22N2O2/c1-3-21-10-12-22(13-11-21)20(23)18-14(2)16-9-8-15-6-4-5-7-17(15)19(16)24-18/h4-9H,3,10-13H2,1-2H3/p+1. The maximum atomic E-state index is 12.9. The molecule has 124 valence electrons. The molecule has 0 unspecified atom stereocenters. The monoisotopic (exact) mass is 323 g/mol. The third-order valence-corrected chi connectivity index (χ3v) is 5.28. The van der Waals surface area contributed by atoms with Gasteiger partial charge in [-0.2, -0.15) is 0 Å². The van der Waals surface area contributed by atoms with Gasteiger partial charge in [0, 0.05) is 16.3 Å². The van der Waals surface area contributed by atoms with E-state index in [0.29, 0.717) is 5.76 Å². The van der Waals surface area contributed by atoms with Crippen molar-refractivity contribution >= 4 is 27.6 Å². The number of nitrogens with one attached hydrogen (secondary N) is 1. The first-order valence-electron chi connectivity index (χ1n) is 8.72. The average Bonchev–Trinajstić information content (AvgIpc) is 2.98. The molecular formula is C20H23N2O2+. The number of carbonyl (C=O) groups is 1. The summed E-state index contributed by atoms with van der Waals surface area (Å²) in [7, 11) is 0. The third-order valence-electron chi connectivity index (χ3n) is 5.28. The van der Waals surface area contributed by atoms with Crippen LogP contribution in [0.5, 0.6) is 0 Å². The third kappa shape index (κ3) is 2.38. The van der Waals surface area contributed by atoms with Gasteiger partial charge in [-0.25, -0.2) is 0 Å². The Kier molecular flexibility index (Phi) is 3.77. The molecule has 2 heterocycles. The minimum absolute atomic E-state index is 0.0305. The average molecular weight is 323 g/mol. The molecule has 1 amide bonds. The lowest BCUT2D eigenvalue weighted by atomic mass is 10.1. The van der Waals surface area contributed by atoms with Gasteiger partial charge in [-0.1, -0.05) is 36.4 Å². The fraction of sp³-hybridized carbons (Fsp3) is 0.350. The minimum atomic E-state index is 0.0305. The number of fused-ring (bicyclic) bond motifs is 3. The van der Waals surface area contributed by atoms with Crippen LogP contribution in [-0.4, -0.2) is 43.5 Å². The molecule has 4 rings (SSSR count). The predicted molar refractivity (Wildman–Crippen MR) is 95.6 cm³/mol. The Morgan fingerprint density at radius 2 is 1.88 bits per heavy atom. The summed E-state index contributed by atoms with van der Waals surface area (Å²) in [5, 5.41) is 3.24. The second-order valence-electron chi connectivity index (χ2n) is 6.62. The van der Waals surface area contributed by atoms with Gasteiger partial charge < -0.3 is 14.2 Å². The molecule has 1 saturated heterocycles. The van der Waals surface area contributed by atoms with E-state index in [2.05, 4.69) is 31.2 Å². The number of quaternary nitrogens is 1. The Morgan fingerprint density at radius 3 is 2.62 bits per heavy atom. The summed E-state index contributed by atoms with van der Waals surface area (Å²) < 4.78 is 6.08. The molecule has 0 aliphatic carbocycles. The summed E-state index contributed by atoms with van der Waals surface area (Å²) in [6.45, 7) is 8.95. The predicted octanol–water partition coefficient (Wildman–Crippen LogP) is 2.26. The van der Waals surface area contributed by atoms with Gasteiger partial charge in [0.05, 0.1) is 32.7 Å². The van der Waals surface area contributed by atoms with Crippen LogP contribution >= 0.6 is 0 Å². The van der Waals surface area contributed by atoms with E-state index in [9.17, 15) is 4.79 Å². The number of piperazine rings is 1. The molecule has 2 aromatic carbocycles. The number of nitrogens with zero attached hydrogens (tertiary/aromatic N) is 1. The number of aryl methyl sites for hydroxylation is 1. The fourth-order valence-electron chi connectivity index (χ4n) is 3.68. The number of furan rings is 1. The normalized spacial score (nSPS) is 16.2. The maximum absolute atomic E-state index is 12.9. The van der Waals surface area contributed by atoms with Gasteiger partial charge in [-0.15, -0.1) is 0 Å². The first-order valence-corrected chi connectivity index (χ1v) is 8.72. The van der Waals surface area contributed by atoms with Crippen LogP contribution in [0.15, 0.2) is 40.8 Å². The van der Waals surface area contributed by atoms with Crippen LogP contribution < -0.4 is 4.90 Å². The molecule has 1 aromatic heterocycles. The second-order valence-corrected chi connectivity index (χ2v) is 6.62. The maximum Gasteiger partial charge on any atom is 0.290 e. The molecule has 0 spiro atoms. The minimum Gasteiger partial charge on any atom is -0.450 e. The molecule has 0 atom stereocenters. The zero-order chi connectivity index (χ0) is 16.7. The van der Waals surface area contributed by atoms with Crippen LogP contribution in [0.4, 0.5) is 0 Å². The zero-order valence-corrected chi connectivity index (χ0v) is 14.3. The lowest BCUT2D eigenvalue weighted by Gasteiger charge is -2.31. The van der Waals surface area contributed by atoms with Gasteiger partial charge in [0.1, 0.15) is 5.58 Å². The van der Waals surface area contributed by atoms with Gasteiger partial charge in [0.2, 0.25) is 0 Å². The van der Waals surface area contributed by atoms with E-state index in [1.165, 1.54) is 0 Å². The highest BCUT2D eigenvalue weighted by molar-refractivity contribution is 6.08. The summed E-state index contributed by atoms with van der Waals surface area (Å²) in [4.78, 5) is 16.4. The SMILES string of the molecule is CC[NH+]1CCN(C(=O)c2oc3c(ccc4ccccc43)c2C)CC1. The lowest BCUT2D eigenvalue weighted by Crippen LogP contribution is -3.14. The summed E-state index contributed by atoms with van der Waals surface area (Å²) >= 11 is 0. The number of benzene rings is 2. The van der Waals surface area contributed by atoms with Crippen LogP contribution in [0.25, 0.3) is 21.7 Å². The Hall–Kier alpha value is -2.33. The Bertz CT molecular complexity index is 905. The van der Waals surface area contributed by atoms with Gasteiger partial charge in [-0.3, -0.25) is 4.79 Å². The quantitative estimate of drug-likeness (QED) is 0.785. The van der Waals surface area contributed by atoms with Crippen LogP contribution in [-0.2, 0) is 0 Å². The molecule has 24 heavy (non-hydrogen) atoms. The number of rotatable bonds is 2. The van der Waals surface area contributed by atoms with Crippen LogP contribution in [0.3, 0.4) is 0 Å². The Labute approximate surface area is 141 Å². The highest BCUT2D eigenvalue weighted by Gasteiger charge is 2.28. The van der Waals surface area contributed by atoms with Crippen molar-refractivity contribution in [2.24, 2.45) is 0 Å². The van der Waals surface area contributed by atoms with Crippen molar-refractivity contribution in [2.75, 3.05) is 32.7 Å². The fourth-order valence-corrected chi connectivity index (χ4v) is 3.68. The van der Waals surface area contributed by atoms with Crippen molar-refractivity contribution in [2.45, 2.75) is 13.8 Å². The molecule has 1 fully saturated rings. The molecular weight excluding hydrogens is 300 g/mol. The summed E-state index contributed by atoms with van der Waals surface area (Å²) in [5.74, 6) is 0.532. The number of hydrogen-bond acceptors (Lipinski definition) is 2. The highest BCUT2D eigenvalue weighted by Crippen LogP contribution is 2.32. The van der Waals surface area contributed by atoms with E-state index in [0.717, 1.165) is 60.0 Å². The molecule has 1 aliphatic rings. The Morgan fingerprint density at radius 1 is 1.12 bits per heavy atom. The molecule has 3 aromatic rings. The second kappa shape index (κ2) is 5.95. The number of hydrogen-bond donors (Lipinski definition) is 1. The smallest absolute Gasteiger partial charge is 0.290 e. The van der Waals surface area contributed by atoms with E-state index in [1.54, 1.807) is 4.90 Å². The molecule has 0 bridgehead atoms. The van der Waals surface area contributed by atoms with Crippen molar-refractivity contribution in [1.82, 2.24) is 4.90 Å². The van der Waals surface area contributed by atoms with Crippen molar-refractivity contribution in [3.05, 3.63) is 47.7 Å². The van der Waals surface area contributed by atoms with Crippen molar-refractivity contribution in [3.63, 3.8) is 0 Å². The molecule has 4 nitrogen and oxygen atoms in total. The van der Waals surface area contributed by atoms with Gasteiger partial charge >= 0.3 is 0 Å². The van der Waals surface area contributed by atoms with Crippen LogP contribution in [0, 0.1) is 6.92 Å². The topological polar surface area (TPSA) is 37.9 Å². The summed E-state index contributed by atoms with van der Waals surface area (Å²) in [5.41, 5.74) is 1.78. The van der Waals surface area contributed by atoms with Crippen molar-refractivity contribution in [3.8, 4) is 0 Å². The first-order chi connectivity index (χ1) is 11.7. The number of amides is 1. The summed E-state index contributed by atoms with van der Waals surface area (Å²) in [6, 6.07) is 12.3. The van der Waals surface area contributed by atoms with E-state index in [1.807, 2.05) is 24.0 Å². The van der Waals surface area contributed by atoms with E-state index < -0.39 is 0 Å². The van der Waals surface area contributed by atoms with Gasteiger partial charge in [0.25, 0.3) is 5.91 Å². The van der Waals surface area contributed by atoms with Gasteiger partial charge in [0.15, 0.2) is 5.76 Å². The van der Waals surface area contributed by atoms with E-state index in [-0.39, 0.29) is 5.91 Å². The molecule has 0 saturated carbocycles. The zero-order valence-electron chi connectivity index (χ0n) is 14.3. The molecule has 4 heteroatoms. The number of likely N-dealkylation sites (N-methyl/N-ethyl adjacent to an activating group) is 1. The molecule has 1 N–H and O–H groups in total. The summed E-state index contributed by atoms with van der Waals surface area (Å²) in [6.07, 6.45) is 0. The number of carbonyl (C=O) groups excluding carboxylic acids is 1.